The summed E-state index contributed by atoms with van der Waals surface area (Å²) in [5.74, 6) is 0.619. The van der Waals surface area contributed by atoms with Crippen molar-refractivity contribution in [3.8, 4) is 17.2 Å². The highest BCUT2D eigenvalue weighted by Gasteiger charge is 2.36. The van der Waals surface area contributed by atoms with Crippen molar-refractivity contribution in [1.82, 2.24) is 4.90 Å². The van der Waals surface area contributed by atoms with Gasteiger partial charge in [0.1, 0.15) is 18.9 Å². The molecule has 0 saturated carbocycles. The number of hydrogen-bond acceptors (Lipinski definition) is 7. The van der Waals surface area contributed by atoms with E-state index in [-0.39, 0.29) is 11.5 Å². The molecule has 0 unspecified atom stereocenters. The molecule has 8 nitrogen and oxygen atoms in total. The second kappa shape index (κ2) is 13.6. The van der Waals surface area contributed by atoms with Crippen molar-refractivity contribution in [3.63, 3.8) is 0 Å². The van der Waals surface area contributed by atoms with Crippen LogP contribution in [0.3, 0.4) is 0 Å². The monoisotopic (exact) mass is 712 g/mol. The Morgan fingerprint density at radius 2 is 1.80 bits per heavy atom. The van der Waals surface area contributed by atoms with Crippen LogP contribution in [0.2, 0.25) is 10.0 Å². The van der Waals surface area contributed by atoms with Crippen molar-refractivity contribution in [1.29, 1.82) is 0 Å². The van der Waals surface area contributed by atoms with Gasteiger partial charge in [-0.15, -0.1) is 0 Å². The number of ether oxygens (including phenoxy) is 3. The van der Waals surface area contributed by atoms with Crippen molar-refractivity contribution in [2.24, 2.45) is 0 Å². The lowest BCUT2D eigenvalue weighted by molar-refractivity contribution is -0.127. The highest BCUT2D eigenvalue weighted by atomic mass is 127. The van der Waals surface area contributed by atoms with Gasteiger partial charge in [-0.25, -0.2) is 0 Å². The molecule has 3 amide bonds. The second-order valence-electron chi connectivity index (χ2n) is 8.34. The molecule has 0 aromatic heterocycles. The summed E-state index contributed by atoms with van der Waals surface area (Å²) >= 11 is 15.0. The number of carbonyl (C=O) groups is 3. The van der Waals surface area contributed by atoms with Crippen LogP contribution in [-0.2, 0) is 16.2 Å². The molecule has 3 aromatic rings. The van der Waals surface area contributed by atoms with Crippen LogP contribution in [0.1, 0.15) is 18.1 Å². The summed E-state index contributed by atoms with van der Waals surface area (Å²) in [7, 11) is 1.54. The Morgan fingerprint density at radius 1 is 1.05 bits per heavy atom. The average molecular weight is 713 g/mol. The number of nitrogens with zero attached hydrogens (tertiary/aromatic N) is 1. The number of imide groups is 1. The van der Waals surface area contributed by atoms with E-state index in [4.69, 9.17) is 37.4 Å². The van der Waals surface area contributed by atoms with Gasteiger partial charge in [-0.05, 0) is 107 Å². The Kier molecular flexibility index (Phi) is 10.2. The van der Waals surface area contributed by atoms with Crippen molar-refractivity contribution in [3.05, 3.63) is 84.2 Å². The number of methoxy groups -OCH3 is 1. The fourth-order valence-electron chi connectivity index (χ4n) is 3.67. The molecule has 12 heteroatoms. The van der Waals surface area contributed by atoms with Crippen molar-refractivity contribution in [2.75, 3.05) is 25.6 Å². The van der Waals surface area contributed by atoms with Gasteiger partial charge >= 0.3 is 0 Å². The molecule has 3 aromatic carbocycles. The van der Waals surface area contributed by atoms with Crippen LogP contribution in [0, 0.1) is 3.57 Å². The number of carbonyl (C=O) groups excluding carboxylic acids is 3. The maximum Gasteiger partial charge on any atom is 0.294 e. The normalized spacial score (nSPS) is 14.0. The third-order valence-electron chi connectivity index (χ3n) is 5.55. The number of nitrogens with one attached hydrogen (secondary N) is 1. The number of thioether (sulfide) groups is 1. The fraction of sp³-hybridized carbons (Fsp3) is 0.179. The Labute approximate surface area is 259 Å². The van der Waals surface area contributed by atoms with Crippen LogP contribution in [-0.4, -0.2) is 42.2 Å². The predicted octanol–water partition coefficient (Wildman–Crippen LogP) is 7.26. The molecule has 40 heavy (non-hydrogen) atoms. The third-order valence-corrected chi connectivity index (χ3v) is 7.99. The quantitative estimate of drug-likeness (QED) is 0.175. The molecular formula is C28H23Cl2IN2O6S. The molecule has 1 aliphatic rings. The second-order valence-corrected chi connectivity index (χ2v) is 11.3. The van der Waals surface area contributed by atoms with Crippen LogP contribution < -0.4 is 19.5 Å². The molecule has 4 rings (SSSR count). The predicted molar refractivity (Wildman–Crippen MR) is 165 cm³/mol. The first kappa shape index (κ1) is 30.0. The van der Waals surface area contributed by atoms with Gasteiger partial charge in [0.05, 0.1) is 32.2 Å². The van der Waals surface area contributed by atoms with E-state index in [2.05, 4.69) is 27.9 Å². The van der Waals surface area contributed by atoms with Crippen molar-refractivity contribution >= 4 is 86.4 Å². The smallest absolute Gasteiger partial charge is 0.294 e. The fourth-order valence-corrected chi connectivity index (χ4v) is 5.61. The maximum atomic E-state index is 13.0. The van der Waals surface area contributed by atoms with E-state index >= 15 is 0 Å². The summed E-state index contributed by atoms with van der Waals surface area (Å²) < 4.78 is 17.7. The highest BCUT2D eigenvalue weighted by molar-refractivity contribution is 14.1. The van der Waals surface area contributed by atoms with Gasteiger partial charge in [0.25, 0.3) is 11.1 Å². The lowest BCUT2D eigenvalue weighted by Crippen LogP contribution is -2.36. The summed E-state index contributed by atoms with van der Waals surface area (Å²) in [6.07, 6.45) is 1.60. The standard InChI is InChI=1S/C28H23Cl2IN2O6S/c1-3-38-23-12-17(11-22(31)26(23)39-15-16-4-9-20(29)21(30)10-16)13-24-27(35)33(28(36)40-24)14-25(34)32-18-5-7-19(37-2)8-6-18/h4-13H,3,14-15H2,1-2H3,(H,32,34)/b24-13+. The SMILES string of the molecule is CCOc1cc(/C=C2/SC(=O)N(CC(=O)Nc3ccc(OC)cc3)C2=O)cc(I)c1OCc1ccc(Cl)c(Cl)c1. The molecule has 0 aliphatic carbocycles. The van der Waals surface area contributed by atoms with E-state index in [1.807, 2.05) is 19.1 Å². The van der Waals surface area contributed by atoms with Gasteiger partial charge < -0.3 is 19.5 Å². The molecule has 1 heterocycles. The average Bonchev–Trinajstić information content (AvgIpc) is 3.18. The lowest BCUT2D eigenvalue weighted by Gasteiger charge is -2.15. The van der Waals surface area contributed by atoms with Crippen LogP contribution in [0.25, 0.3) is 6.08 Å². The Morgan fingerprint density at radius 3 is 2.48 bits per heavy atom. The summed E-state index contributed by atoms with van der Waals surface area (Å²) in [5, 5.41) is 3.05. The van der Waals surface area contributed by atoms with Gasteiger partial charge in [0.2, 0.25) is 5.91 Å². The minimum Gasteiger partial charge on any atom is -0.497 e. The molecule has 208 valence electrons. The van der Waals surface area contributed by atoms with E-state index in [0.717, 1.165) is 25.8 Å². The summed E-state index contributed by atoms with van der Waals surface area (Å²) in [6.45, 7) is 2.08. The van der Waals surface area contributed by atoms with Crippen LogP contribution in [0.4, 0.5) is 10.5 Å². The van der Waals surface area contributed by atoms with Crippen LogP contribution >= 0.6 is 57.6 Å². The third kappa shape index (κ3) is 7.42. The lowest BCUT2D eigenvalue weighted by atomic mass is 10.1. The van der Waals surface area contributed by atoms with Gasteiger partial charge in [-0.2, -0.15) is 0 Å². The first-order chi connectivity index (χ1) is 19.2. The minimum atomic E-state index is -0.548. The molecule has 1 saturated heterocycles. The first-order valence-corrected chi connectivity index (χ1v) is 14.6. The number of amides is 3. The van der Waals surface area contributed by atoms with E-state index < -0.39 is 23.6 Å². The van der Waals surface area contributed by atoms with Crippen molar-refractivity contribution in [2.45, 2.75) is 13.5 Å². The zero-order valence-electron chi connectivity index (χ0n) is 21.3. The van der Waals surface area contributed by atoms with E-state index in [9.17, 15) is 14.4 Å². The molecule has 0 atom stereocenters. The van der Waals surface area contributed by atoms with E-state index in [1.54, 1.807) is 55.7 Å². The molecular weight excluding hydrogens is 690 g/mol. The molecule has 0 spiro atoms. The topological polar surface area (TPSA) is 94.2 Å². The summed E-state index contributed by atoms with van der Waals surface area (Å²) in [4.78, 5) is 39.2. The van der Waals surface area contributed by atoms with Gasteiger partial charge in [0.15, 0.2) is 11.5 Å². The molecule has 1 fully saturated rings. The van der Waals surface area contributed by atoms with E-state index in [1.165, 1.54) is 0 Å². The van der Waals surface area contributed by atoms with Gasteiger partial charge in [0, 0.05) is 5.69 Å². The summed E-state index contributed by atoms with van der Waals surface area (Å²) in [6, 6.07) is 15.5. The Bertz CT molecular complexity index is 1480. The Balaban J connectivity index is 1.47. The van der Waals surface area contributed by atoms with Crippen LogP contribution in [0.15, 0.2) is 59.5 Å². The molecule has 0 bridgehead atoms. The molecule has 0 radical (unpaired) electrons. The number of anilines is 1. The number of hydrogen-bond donors (Lipinski definition) is 1. The zero-order valence-corrected chi connectivity index (χ0v) is 25.8. The Hall–Kier alpha value is -2.93. The highest BCUT2D eigenvalue weighted by Crippen LogP contribution is 2.38. The van der Waals surface area contributed by atoms with Crippen LogP contribution in [0.5, 0.6) is 17.2 Å². The summed E-state index contributed by atoms with van der Waals surface area (Å²) in [5.41, 5.74) is 2.00. The number of halogens is 3. The molecule has 1 N–H and O–H groups in total. The molecule has 1 aliphatic heterocycles. The maximum absolute atomic E-state index is 13.0. The largest absolute Gasteiger partial charge is 0.497 e. The zero-order chi connectivity index (χ0) is 28.8. The number of rotatable bonds is 10. The first-order valence-electron chi connectivity index (χ1n) is 11.9. The van der Waals surface area contributed by atoms with Gasteiger partial charge in [-0.1, -0.05) is 29.3 Å². The van der Waals surface area contributed by atoms with Crippen molar-refractivity contribution < 1.29 is 28.6 Å². The number of benzene rings is 3. The van der Waals surface area contributed by atoms with E-state index in [0.29, 0.717) is 45.2 Å². The minimum absolute atomic E-state index is 0.199. The van der Waals surface area contributed by atoms with Gasteiger partial charge in [-0.3, -0.25) is 19.3 Å².